The maximum Gasteiger partial charge on any atom is 0.0546 e. The van der Waals surface area contributed by atoms with E-state index in [4.69, 9.17) is 0 Å². The lowest BCUT2D eigenvalue weighted by atomic mass is 10.1. The molecule has 1 fully saturated rings. The van der Waals surface area contributed by atoms with E-state index in [0.717, 1.165) is 11.8 Å². The first kappa shape index (κ1) is 12.9. The van der Waals surface area contributed by atoms with Crippen LogP contribution in [0, 0.1) is 0 Å². The summed E-state index contributed by atoms with van der Waals surface area (Å²) in [5, 5.41) is 6.59. The van der Waals surface area contributed by atoms with Crippen molar-refractivity contribution in [2.45, 2.75) is 37.5 Å². The average molecular weight is 320 g/mol. The number of halogens is 1. The van der Waals surface area contributed by atoms with Gasteiger partial charge in [0.15, 0.2) is 0 Å². The van der Waals surface area contributed by atoms with Crippen molar-refractivity contribution in [3.05, 3.63) is 20.8 Å². The molecule has 16 heavy (non-hydrogen) atoms. The van der Waals surface area contributed by atoms with E-state index in [0.29, 0.717) is 6.04 Å². The van der Waals surface area contributed by atoms with Crippen LogP contribution in [0.2, 0.25) is 0 Å². The smallest absolute Gasteiger partial charge is 0.0546 e. The van der Waals surface area contributed by atoms with Gasteiger partial charge in [-0.2, -0.15) is 11.8 Å². The molecule has 1 aromatic heterocycles. The molecular formula is C12H18BrNS2. The molecule has 1 aromatic rings. The van der Waals surface area contributed by atoms with Gasteiger partial charge in [-0.15, -0.1) is 11.3 Å². The van der Waals surface area contributed by atoms with E-state index < -0.39 is 0 Å². The standard InChI is InChI=1S/C12H18BrNS2/c1-2-14-11(10-5-3-4-7-15-10)12-9(13)6-8-16-12/h6,8,10-11,14H,2-5,7H2,1H3. The van der Waals surface area contributed by atoms with Crippen molar-refractivity contribution in [2.24, 2.45) is 0 Å². The average Bonchev–Trinajstić information content (AvgIpc) is 2.73. The van der Waals surface area contributed by atoms with Crippen molar-refractivity contribution in [1.82, 2.24) is 5.32 Å². The van der Waals surface area contributed by atoms with Crippen molar-refractivity contribution in [2.75, 3.05) is 12.3 Å². The van der Waals surface area contributed by atoms with E-state index in [1.165, 1.54) is 34.4 Å². The van der Waals surface area contributed by atoms with Crippen molar-refractivity contribution < 1.29 is 0 Å². The highest BCUT2D eigenvalue weighted by Gasteiger charge is 2.27. The fraction of sp³-hybridized carbons (Fsp3) is 0.667. The van der Waals surface area contributed by atoms with Crippen LogP contribution in [-0.4, -0.2) is 17.5 Å². The number of nitrogens with one attached hydrogen (secondary N) is 1. The third-order valence-corrected chi connectivity index (χ3v) is 6.35. The lowest BCUT2D eigenvalue weighted by molar-refractivity contribution is 0.496. The second-order valence-electron chi connectivity index (χ2n) is 4.07. The number of thiophene rings is 1. The molecule has 0 saturated carbocycles. The van der Waals surface area contributed by atoms with Crippen molar-refractivity contribution in [1.29, 1.82) is 0 Å². The zero-order valence-electron chi connectivity index (χ0n) is 9.54. The van der Waals surface area contributed by atoms with Gasteiger partial charge in [-0.25, -0.2) is 0 Å². The van der Waals surface area contributed by atoms with E-state index in [1.807, 2.05) is 11.3 Å². The molecule has 1 nitrogen and oxygen atoms in total. The highest BCUT2D eigenvalue weighted by molar-refractivity contribution is 9.10. The van der Waals surface area contributed by atoms with Crippen LogP contribution in [0.25, 0.3) is 0 Å². The van der Waals surface area contributed by atoms with Crippen LogP contribution in [0.3, 0.4) is 0 Å². The summed E-state index contributed by atoms with van der Waals surface area (Å²) in [6.07, 6.45) is 4.14. The quantitative estimate of drug-likeness (QED) is 0.880. The van der Waals surface area contributed by atoms with Gasteiger partial charge in [-0.05, 0) is 52.5 Å². The summed E-state index contributed by atoms with van der Waals surface area (Å²) >= 11 is 7.67. The number of hydrogen-bond donors (Lipinski definition) is 1. The zero-order chi connectivity index (χ0) is 11.4. The van der Waals surface area contributed by atoms with Gasteiger partial charge < -0.3 is 5.32 Å². The number of thioether (sulfide) groups is 1. The zero-order valence-corrected chi connectivity index (χ0v) is 12.8. The Morgan fingerprint density at radius 3 is 3.00 bits per heavy atom. The predicted octanol–water partition coefficient (Wildman–Crippen LogP) is 4.45. The van der Waals surface area contributed by atoms with Crippen LogP contribution < -0.4 is 5.32 Å². The number of rotatable bonds is 4. The van der Waals surface area contributed by atoms with Crippen LogP contribution in [0.4, 0.5) is 0 Å². The third-order valence-electron chi connectivity index (χ3n) is 2.94. The Morgan fingerprint density at radius 2 is 2.44 bits per heavy atom. The monoisotopic (exact) mass is 319 g/mol. The summed E-state index contributed by atoms with van der Waals surface area (Å²) in [5.41, 5.74) is 0. The molecular weight excluding hydrogens is 302 g/mol. The van der Waals surface area contributed by atoms with Crippen molar-refractivity contribution in [3.63, 3.8) is 0 Å². The first-order chi connectivity index (χ1) is 7.83. The SMILES string of the molecule is CCNC(c1sccc1Br)C1CCCCS1. The summed E-state index contributed by atoms with van der Waals surface area (Å²) in [5.74, 6) is 1.33. The minimum atomic E-state index is 0.532. The predicted molar refractivity (Wildman–Crippen MR) is 78.5 cm³/mol. The van der Waals surface area contributed by atoms with Gasteiger partial charge in [0, 0.05) is 14.6 Å². The van der Waals surface area contributed by atoms with E-state index in [2.05, 4.69) is 51.4 Å². The Bertz CT molecular complexity index is 321. The van der Waals surface area contributed by atoms with Crippen LogP contribution in [0.5, 0.6) is 0 Å². The highest BCUT2D eigenvalue weighted by atomic mass is 79.9. The topological polar surface area (TPSA) is 12.0 Å². The van der Waals surface area contributed by atoms with E-state index in [1.54, 1.807) is 0 Å². The molecule has 0 aliphatic carbocycles. The molecule has 0 spiro atoms. The molecule has 2 unspecified atom stereocenters. The fourth-order valence-electron chi connectivity index (χ4n) is 2.17. The van der Waals surface area contributed by atoms with Gasteiger partial charge >= 0.3 is 0 Å². The lowest BCUT2D eigenvalue weighted by Crippen LogP contribution is -2.31. The normalized spacial score (nSPS) is 23.2. The fourth-order valence-corrected chi connectivity index (χ4v) is 5.45. The molecule has 4 heteroatoms. The minimum absolute atomic E-state index is 0.532. The Kier molecular flexibility index (Phi) is 5.20. The van der Waals surface area contributed by atoms with Gasteiger partial charge in [0.05, 0.1) is 6.04 Å². The molecule has 90 valence electrons. The van der Waals surface area contributed by atoms with Gasteiger partial charge in [0.25, 0.3) is 0 Å². The maximum atomic E-state index is 3.66. The summed E-state index contributed by atoms with van der Waals surface area (Å²) in [7, 11) is 0. The van der Waals surface area contributed by atoms with Gasteiger partial charge in [-0.3, -0.25) is 0 Å². The van der Waals surface area contributed by atoms with E-state index in [-0.39, 0.29) is 0 Å². The second kappa shape index (κ2) is 6.43. The molecule has 1 aliphatic rings. The molecule has 0 bridgehead atoms. The summed E-state index contributed by atoms with van der Waals surface area (Å²) < 4.78 is 1.27. The maximum absolute atomic E-state index is 3.66. The minimum Gasteiger partial charge on any atom is -0.309 e. The van der Waals surface area contributed by atoms with Crippen LogP contribution >= 0.6 is 39.0 Å². The highest BCUT2D eigenvalue weighted by Crippen LogP contribution is 2.39. The van der Waals surface area contributed by atoms with Crippen LogP contribution in [-0.2, 0) is 0 Å². The molecule has 1 saturated heterocycles. The molecule has 0 aromatic carbocycles. The Labute approximate surface area is 115 Å². The summed E-state index contributed by atoms with van der Waals surface area (Å²) in [6.45, 7) is 3.24. The molecule has 0 radical (unpaired) electrons. The Hall–Kier alpha value is 0.490. The molecule has 2 heterocycles. The second-order valence-corrected chi connectivity index (χ2v) is 7.22. The molecule has 0 amide bonds. The van der Waals surface area contributed by atoms with Crippen LogP contribution in [0.1, 0.15) is 37.1 Å². The molecule has 1 aliphatic heterocycles. The Balaban J connectivity index is 2.12. The van der Waals surface area contributed by atoms with E-state index in [9.17, 15) is 0 Å². The van der Waals surface area contributed by atoms with Crippen molar-refractivity contribution in [3.8, 4) is 0 Å². The van der Waals surface area contributed by atoms with Crippen LogP contribution in [0.15, 0.2) is 15.9 Å². The van der Waals surface area contributed by atoms with E-state index >= 15 is 0 Å². The summed E-state index contributed by atoms with van der Waals surface area (Å²) in [6, 6.07) is 2.70. The van der Waals surface area contributed by atoms with Crippen molar-refractivity contribution >= 4 is 39.0 Å². The third kappa shape index (κ3) is 3.03. The number of hydrogen-bond acceptors (Lipinski definition) is 3. The Morgan fingerprint density at radius 1 is 1.56 bits per heavy atom. The van der Waals surface area contributed by atoms with Gasteiger partial charge in [0.1, 0.15) is 0 Å². The lowest BCUT2D eigenvalue weighted by Gasteiger charge is -2.30. The van der Waals surface area contributed by atoms with Gasteiger partial charge in [-0.1, -0.05) is 13.3 Å². The molecule has 1 N–H and O–H groups in total. The van der Waals surface area contributed by atoms with Gasteiger partial charge in [0.2, 0.25) is 0 Å². The molecule has 2 atom stereocenters. The first-order valence-corrected chi connectivity index (χ1v) is 8.63. The molecule has 2 rings (SSSR count). The first-order valence-electron chi connectivity index (χ1n) is 5.90. The largest absolute Gasteiger partial charge is 0.309 e. The summed E-state index contributed by atoms with van der Waals surface area (Å²) in [4.78, 5) is 1.47.